The van der Waals surface area contributed by atoms with Crippen molar-refractivity contribution in [2.24, 2.45) is 11.8 Å². The van der Waals surface area contributed by atoms with Crippen molar-refractivity contribution < 1.29 is 9.84 Å². The molecule has 0 spiro atoms. The van der Waals surface area contributed by atoms with Crippen molar-refractivity contribution in [1.82, 2.24) is 0 Å². The number of ether oxygens (including phenoxy) is 1. The van der Waals surface area contributed by atoms with Gasteiger partial charge in [0.25, 0.3) is 0 Å². The minimum absolute atomic E-state index is 0.248. The van der Waals surface area contributed by atoms with Gasteiger partial charge < -0.3 is 9.84 Å². The molecule has 29 heavy (non-hydrogen) atoms. The molecule has 1 fully saturated rings. The van der Waals surface area contributed by atoms with Gasteiger partial charge in [0.1, 0.15) is 17.2 Å². The molecule has 152 valence electrons. The molecule has 0 atom stereocenters. The van der Waals surface area contributed by atoms with Gasteiger partial charge in [0.05, 0.1) is 0 Å². The van der Waals surface area contributed by atoms with E-state index >= 15 is 0 Å². The van der Waals surface area contributed by atoms with E-state index in [2.05, 4.69) is 13.8 Å². The van der Waals surface area contributed by atoms with E-state index in [1.807, 2.05) is 73.7 Å². The topological polar surface area (TPSA) is 29.5 Å². The van der Waals surface area contributed by atoms with Gasteiger partial charge in [-0.3, -0.25) is 0 Å². The summed E-state index contributed by atoms with van der Waals surface area (Å²) in [7, 11) is 0. The first-order valence-corrected chi connectivity index (χ1v) is 10.6. The van der Waals surface area contributed by atoms with Crippen LogP contribution in [0.2, 0.25) is 0 Å². The average Bonchev–Trinajstić information content (AvgIpc) is 2.73. The van der Waals surface area contributed by atoms with Crippen molar-refractivity contribution in [3.63, 3.8) is 0 Å². The summed E-state index contributed by atoms with van der Waals surface area (Å²) < 4.78 is 5.96. The lowest BCUT2D eigenvalue weighted by molar-refractivity contribution is 0.308. The molecule has 1 N–H and O–H groups in total. The zero-order chi connectivity index (χ0) is 20.6. The lowest BCUT2D eigenvalue weighted by atomic mass is 9.84. The molecule has 0 aromatic heterocycles. The second-order valence-corrected chi connectivity index (χ2v) is 8.29. The fraction of sp³-hybridized carbons (Fsp3) is 0.333. The second-order valence-electron chi connectivity index (χ2n) is 8.29. The van der Waals surface area contributed by atoms with E-state index < -0.39 is 0 Å². The van der Waals surface area contributed by atoms with Gasteiger partial charge in [-0.2, -0.15) is 0 Å². The summed E-state index contributed by atoms with van der Waals surface area (Å²) in [5.74, 6) is 3.79. The average molecular weight is 389 g/mol. The fourth-order valence-electron chi connectivity index (χ4n) is 3.64. The number of phenols is 1. The number of hydrogen-bond donors (Lipinski definition) is 1. The minimum Gasteiger partial charge on any atom is -0.507 e. The van der Waals surface area contributed by atoms with E-state index in [1.165, 1.54) is 31.2 Å². The van der Waals surface area contributed by atoms with Crippen molar-refractivity contribution in [2.45, 2.75) is 46.5 Å². The van der Waals surface area contributed by atoms with E-state index in [4.69, 9.17) is 4.74 Å². The monoisotopic (exact) mass is 388 g/mol. The van der Waals surface area contributed by atoms with E-state index in [-0.39, 0.29) is 5.75 Å². The molecule has 0 bridgehead atoms. The van der Waals surface area contributed by atoms with Crippen molar-refractivity contribution >= 4 is 0 Å². The van der Waals surface area contributed by atoms with E-state index in [0.717, 1.165) is 34.5 Å². The second kappa shape index (κ2) is 10.2. The van der Waals surface area contributed by atoms with Crippen LogP contribution in [0.4, 0.5) is 0 Å². The van der Waals surface area contributed by atoms with Gasteiger partial charge in [-0.25, -0.2) is 0 Å². The lowest BCUT2D eigenvalue weighted by Crippen LogP contribution is -2.08. The first-order valence-electron chi connectivity index (χ1n) is 10.6. The molecule has 1 aliphatic rings. The van der Waals surface area contributed by atoms with Gasteiger partial charge in [0.15, 0.2) is 0 Å². The van der Waals surface area contributed by atoms with Gasteiger partial charge in [0, 0.05) is 11.1 Å². The molecule has 0 heterocycles. The molecule has 3 aromatic rings. The summed E-state index contributed by atoms with van der Waals surface area (Å²) in [4.78, 5) is 0. The first-order chi connectivity index (χ1) is 14.0. The van der Waals surface area contributed by atoms with Gasteiger partial charge in [0.2, 0.25) is 0 Å². The third-order valence-corrected chi connectivity index (χ3v) is 5.63. The quantitative estimate of drug-likeness (QED) is 0.492. The van der Waals surface area contributed by atoms with E-state index in [9.17, 15) is 5.11 Å². The lowest BCUT2D eigenvalue weighted by Gasteiger charge is -2.22. The van der Waals surface area contributed by atoms with Gasteiger partial charge in [-0.15, -0.1) is 0 Å². The van der Waals surface area contributed by atoms with Crippen molar-refractivity contribution in [3.8, 4) is 28.4 Å². The van der Waals surface area contributed by atoms with Crippen LogP contribution in [0, 0.1) is 18.8 Å². The first kappa shape index (κ1) is 21.0. The number of hydrogen-bond acceptors (Lipinski definition) is 2. The molecule has 2 nitrogen and oxygen atoms in total. The molecule has 1 aliphatic carbocycles. The Morgan fingerprint density at radius 3 is 1.79 bits per heavy atom. The summed E-state index contributed by atoms with van der Waals surface area (Å²) in [6, 6.07) is 22.9. The molecule has 0 amide bonds. The predicted octanol–water partition coefficient (Wildman–Crippen LogP) is 7.99. The molecule has 0 unspecified atom stereocenters. The Labute approximate surface area is 175 Å². The maximum absolute atomic E-state index is 10.0. The zero-order valence-electron chi connectivity index (χ0n) is 17.8. The fourth-order valence-corrected chi connectivity index (χ4v) is 3.64. The van der Waals surface area contributed by atoms with Gasteiger partial charge in [-0.05, 0) is 43.0 Å². The Morgan fingerprint density at radius 1 is 0.690 bits per heavy atom. The number of aromatic hydroxyl groups is 1. The normalized spacial score (nSPS) is 18.4. The molecule has 0 saturated heterocycles. The standard InChI is InChI=1S/C19H16O2.C8H16/c1-14-10-12-15(13-11-14)21-19-9-5-3-7-17(19)16-6-2-4-8-18(16)20;1-7-3-5-8(2)6-4-7/h2-13,20H,1H3;7-8H,3-6H2,1-2H3. The molecular weight excluding hydrogens is 356 g/mol. The van der Waals surface area contributed by atoms with Crippen molar-refractivity contribution in [3.05, 3.63) is 78.4 Å². The van der Waals surface area contributed by atoms with Crippen LogP contribution in [0.3, 0.4) is 0 Å². The van der Waals surface area contributed by atoms with Crippen molar-refractivity contribution in [2.75, 3.05) is 0 Å². The van der Waals surface area contributed by atoms with Gasteiger partial charge in [-0.1, -0.05) is 93.6 Å². The van der Waals surface area contributed by atoms with Crippen LogP contribution in [0.15, 0.2) is 72.8 Å². The van der Waals surface area contributed by atoms with Crippen LogP contribution in [-0.4, -0.2) is 5.11 Å². The highest BCUT2D eigenvalue weighted by molar-refractivity contribution is 5.75. The summed E-state index contributed by atoms with van der Waals surface area (Å²) in [6.07, 6.45) is 5.89. The zero-order valence-corrected chi connectivity index (χ0v) is 17.8. The Hall–Kier alpha value is -2.74. The summed E-state index contributed by atoms with van der Waals surface area (Å²) in [5, 5.41) is 10.0. The third-order valence-electron chi connectivity index (χ3n) is 5.63. The number of rotatable bonds is 3. The maximum Gasteiger partial charge on any atom is 0.135 e. The highest BCUT2D eigenvalue weighted by Gasteiger charge is 2.13. The van der Waals surface area contributed by atoms with Crippen LogP contribution in [0.1, 0.15) is 45.1 Å². The highest BCUT2D eigenvalue weighted by atomic mass is 16.5. The minimum atomic E-state index is 0.248. The molecule has 1 saturated carbocycles. The predicted molar refractivity (Wildman–Crippen MR) is 122 cm³/mol. The number of aryl methyl sites for hydroxylation is 1. The van der Waals surface area contributed by atoms with Crippen LogP contribution in [-0.2, 0) is 0 Å². The smallest absolute Gasteiger partial charge is 0.135 e. The van der Waals surface area contributed by atoms with E-state index in [0.29, 0.717) is 0 Å². The molecule has 0 radical (unpaired) electrons. The molecule has 2 heteroatoms. The number of para-hydroxylation sites is 2. The van der Waals surface area contributed by atoms with Crippen molar-refractivity contribution in [1.29, 1.82) is 0 Å². The Morgan fingerprint density at radius 2 is 1.21 bits per heavy atom. The third kappa shape index (κ3) is 6.12. The van der Waals surface area contributed by atoms with Crippen LogP contribution in [0.25, 0.3) is 11.1 Å². The molecule has 4 rings (SSSR count). The SMILES string of the molecule is CC1CCC(C)CC1.Cc1ccc(Oc2ccccc2-c2ccccc2O)cc1. The number of phenolic OH excluding ortho intramolecular Hbond substituents is 1. The van der Waals surface area contributed by atoms with Crippen LogP contribution >= 0.6 is 0 Å². The van der Waals surface area contributed by atoms with Crippen LogP contribution in [0.5, 0.6) is 17.2 Å². The summed E-state index contributed by atoms with van der Waals surface area (Å²) in [6.45, 7) is 6.78. The Balaban J connectivity index is 0.000000252. The number of benzene rings is 3. The maximum atomic E-state index is 10.0. The summed E-state index contributed by atoms with van der Waals surface area (Å²) in [5.41, 5.74) is 2.83. The largest absolute Gasteiger partial charge is 0.507 e. The highest BCUT2D eigenvalue weighted by Crippen LogP contribution is 2.37. The summed E-state index contributed by atoms with van der Waals surface area (Å²) >= 11 is 0. The molecular formula is C27H32O2. The van der Waals surface area contributed by atoms with Gasteiger partial charge >= 0.3 is 0 Å². The van der Waals surface area contributed by atoms with E-state index in [1.54, 1.807) is 6.07 Å². The molecule has 3 aromatic carbocycles. The van der Waals surface area contributed by atoms with Crippen LogP contribution < -0.4 is 4.74 Å². The Bertz CT molecular complexity index is 880. The molecule has 0 aliphatic heterocycles. The Kier molecular flexibility index (Phi) is 7.35.